The summed E-state index contributed by atoms with van der Waals surface area (Å²) in [5, 5.41) is 6.34. The average Bonchev–Trinajstić information content (AvgIpc) is 2.85. The van der Waals surface area contributed by atoms with Gasteiger partial charge in [0, 0.05) is 23.1 Å². The molecule has 1 saturated carbocycles. The zero-order chi connectivity index (χ0) is 17.0. The van der Waals surface area contributed by atoms with Crippen LogP contribution in [-0.4, -0.2) is 23.8 Å². The molecule has 1 aliphatic rings. The lowest BCUT2D eigenvalue weighted by Crippen LogP contribution is -2.38. The van der Waals surface area contributed by atoms with Crippen LogP contribution in [0.2, 0.25) is 0 Å². The Bertz CT molecular complexity index is 560. The van der Waals surface area contributed by atoms with Gasteiger partial charge in [-0.2, -0.15) is 0 Å². The second kappa shape index (κ2) is 7.62. The lowest BCUT2D eigenvalue weighted by Gasteiger charge is -2.22. The SMILES string of the molecule is CC(C)(C)OC(=O)NC1CCC(NCc2cc(F)ccc2Br)C1. The molecule has 2 N–H and O–H groups in total. The van der Waals surface area contributed by atoms with Crippen LogP contribution in [0.3, 0.4) is 0 Å². The number of alkyl carbamates (subject to hydrolysis) is 1. The van der Waals surface area contributed by atoms with Crippen LogP contribution >= 0.6 is 15.9 Å². The third-order valence-electron chi connectivity index (χ3n) is 3.74. The molecule has 4 nitrogen and oxygen atoms in total. The smallest absolute Gasteiger partial charge is 0.407 e. The van der Waals surface area contributed by atoms with Gasteiger partial charge in [0.2, 0.25) is 0 Å². The van der Waals surface area contributed by atoms with Crippen molar-refractivity contribution in [2.24, 2.45) is 0 Å². The van der Waals surface area contributed by atoms with Crippen molar-refractivity contribution >= 4 is 22.0 Å². The summed E-state index contributed by atoms with van der Waals surface area (Å²) >= 11 is 3.43. The molecule has 1 aliphatic carbocycles. The van der Waals surface area contributed by atoms with E-state index in [2.05, 4.69) is 26.6 Å². The molecule has 0 aliphatic heterocycles. The van der Waals surface area contributed by atoms with Gasteiger partial charge < -0.3 is 15.4 Å². The number of carbonyl (C=O) groups is 1. The monoisotopic (exact) mass is 386 g/mol. The van der Waals surface area contributed by atoms with E-state index in [1.807, 2.05) is 20.8 Å². The Labute approximate surface area is 145 Å². The maximum atomic E-state index is 13.3. The van der Waals surface area contributed by atoms with Crippen LogP contribution in [-0.2, 0) is 11.3 Å². The highest BCUT2D eigenvalue weighted by Crippen LogP contribution is 2.22. The van der Waals surface area contributed by atoms with Gasteiger partial charge in [0.1, 0.15) is 11.4 Å². The molecule has 1 amide bonds. The fraction of sp³-hybridized carbons (Fsp3) is 0.588. The first kappa shape index (κ1) is 18.2. The predicted molar refractivity (Wildman–Crippen MR) is 91.7 cm³/mol. The first-order valence-electron chi connectivity index (χ1n) is 7.90. The minimum absolute atomic E-state index is 0.123. The van der Waals surface area contributed by atoms with Crippen LogP contribution < -0.4 is 10.6 Å². The second-order valence-electron chi connectivity index (χ2n) is 6.97. The number of rotatable bonds is 4. The van der Waals surface area contributed by atoms with Gasteiger partial charge in [0.25, 0.3) is 0 Å². The van der Waals surface area contributed by atoms with E-state index in [1.165, 1.54) is 12.1 Å². The molecular formula is C17H24BrFN2O2. The minimum atomic E-state index is -0.482. The third-order valence-corrected chi connectivity index (χ3v) is 4.52. The average molecular weight is 387 g/mol. The summed E-state index contributed by atoms with van der Waals surface area (Å²) in [6, 6.07) is 5.11. The molecule has 23 heavy (non-hydrogen) atoms. The van der Waals surface area contributed by atoms with Gasteiger partial charge in [-0.05, 0) is 63.8 Å². The van der Waals surface area contributed by atoms with E-state index in [9.17, 15) is 9.18 Å². The van der Waals surface area contributed by atoms with Gasteiger partial charge in [-0.15, -0.1) is 0 Å². The molecule has 6 heteroatoms. The van der Waals surface area contributed by atoms with Crippen LogP contribution in [0.25, 0.3) is 0 Å². The molecule has 0 saturated heterocycles. The van der Waals surface area contributed by atoms with Crippen molar-refractivity contribution in [1.82, 2.24) is 10.6 Å². The number of hydrogen-bond acceptors (Lipinski definition) is 3. The van der Waals surface area contributed by atoms with Gasteiger partial charge >= 0.3 is 6.09 Å². The molecule has 128 valence electrons. The Morgan fingerprint density at radius 3 is 2.74 bits per heavy atom. The molecule has 1 fully saturated rings. The Morgan fingerprint density at radius 2 is 2.04 bits per heavy atom. The van der Waals surface area contributed by atoms with Crippen molar-refractivity contribution in [1.29, 1.82) is 0 Å². The molecule has 0 bridgehead atoms. The van der Waals surface area contributed by atoms with E-state index in [-0.39, 0.29) is 18.0 Å². The van der Waals surface area contributed by atoms with Crippen LogP contribution in [0, 0.1) is 5.82 Å². The maximum absolute atomic E-state index is 13.3. The van der Waals surface area contributed by atoms with Gasteiger partial charge in [0.15, 0.2) is 0 Å². The van der Waals surface area contributed by atoms with E-state index in [0.29, 0.717) is 12.6 Å². The number of ether oxygens (including phenoxy) is 1. The molecule has 0 radical (unpaired) electrons. The molecule has 1 aromatic rings. The summed E-state index contributed by atoms with van der Waals surface area (Å²) in [5.74, 6) is -0.235. The van der Waals surface area contributed by atoms with Crippen molar-refractivity contribution in [3.8, 4) is 0 Å². The Kier molecular flexibility index (Phi) is 6.03. The van der Waals surface area contributed by atoms with E-state index >= 15 is 0 Å². The summed E-state index contributed by atoms with van der Waals surface area (Å²) in [6.07, 6.45) is 2.39. The first-order chi connectivity index (χ1) is 10.7. The van der Waals surface area contributed by atoms with Gasteiger partial charge in [-0.3, -0.25) is 0 Å². The summed E-state index contributed by atoms with van der Waals surface area (Å²) in [6.45, 7) is 6.15. The largest absolute Gasteiger partial charge is 0.444 e. The van der Waals surface area contributed by atoms with Crippen molar-refractivity contribution in [3.63, 3.8) is 0 Å². The van der Waals surface area contributed by atoms with Crippen LogP contribution in [0.5, 0.6) is 0 Å². The van der Waals surface area contributed by atoms with Crippen LogP contribution in [0.4, 0.5) is 9.18 Å². The molecule has 0 aromatic heterocycles. The number of hydrogen-bond donors (Lipinski definition) is 2. The quantitative estimate of drug-likeness (QED) is 0.817. The number of nitrogens with one attached hydrogen (secondary N) is 2. The number of carbonyl (C=O) groups excluding carboxylic acids is 1. The highest BCUT2D eigenvalue weighted by molar-refractivity contribution is 9.10. The lowest BCUT2D eigenvalue weighted by atomic mass is 10.2. The molecule has 0 heterocycles. The lowest BCUT2D eigenvalue weighted by molar-refractivity contribution is 0.0505. The van der Waals surface area contributed by atoms with E-state index in [4.69, 9.17) is 4.74 Å². The predicted octanol–water partition coefficient (Wildman–Crippen LogP) is 4.12. The Hall–Kier alpha value is -1.14. The summed E-state index contributed by atoms with van der Waals surface area (Å²) < 4.78 is 19.4. The van der Waals surface area contributed by atoms with Crippen molar-refractivity contribution in [2.45, 2.75) is 64.3 Å². The topological polar surface area (TPSA) is 50.4 Å². The number of amides is 1. The van der Waals surface area contributed by atoms with Crippen LogP contribution in [0.15, 0.2) is 22.7 Å². The number of benzene rings is 1. The first-order valence-corrected chi connectivity index (χ1v) is 8.69. The second-order valence-corrected chi connectivity index (χ2v) is 7.82. The molecule has 2 unspecified atom stereocenters. The van der Waals surface area contributed by atoms with E-state index in [0.717, 1.165) is 29.3 Å². The molecular weight excluding hydrogens is 363 g/mol. The summed E-state index contributed by atoms with van der Waals surface area (Å²) in [4.78, 5) is 11.8. The van der Waals surface area contributed by atoms with Gasteiger partial charge in [-0.1, -0.05) is 15.9 Å². The van der Waals surface area contributed by atoms with Gasteiger partial charge in [0.05, 0.1) is 0 Å². The normalized spacial score (nSPS) is 21.3. The highest BCUT2D eigenvalue weighted by atomic mass is 79.9. The number of halogens is 2. The van der Waals surface area contributed by atoms with Crippen LogP contribution in [0.1, 0.15) is 45.6 Å². The summed E-state index contributed by atoms with van der Waals surface area (Å²) in [5.41, 5.74) is 0.415. The standard InChI is InChI=1S/C17H24BrFN2O2/c1-17(2,3)23-16(22)21-14-6-5-13(9-14)20-10-11-8-12(19)4-7-15(11)18/h4,7-8,13-14,20H,5-6,9-10H2,1-3H3,(H,21,22). The molecule has 0 spiro atoms. The third kappa shape index (κ3) is 6.11. The fourth-order valence-corrected chi connectivity index (χ4v) is 3.09. The highest BCUT2D eigenvalue weighted by Gasteiger charge is 2.27. The molecule has 2 rings (SSSR count). The fourth-order valence-electron chi connectivity index (χ4n) is 2.71. The van der Waals surface area contributed by atoms with Crippen molar-refractivity contribution < 1.29 is 13.9 Å². The van der Waals surface area contributed by atoms with E-state index in [1.54, 1.807) is 6.07 Å². The maximum Gasteiger partial charge on any atom is 0.407 e. The van der Waals surface area contributed by atoms with Crippen molar-refractivity contribution in [3.05, 3.63) is 34.1 Å². The Morgan fingerprint density at radius 1 is 1.35 bits per heavy atom. The van der Waals surface area contributed by atoms with Crippen molar-refractivity contribution in [2.75, 3.05) is 0 Å². The summed E-state index contributed by atoms with van der Waals surface area (Å²) in [7, 11) is 0. The zero-order valence-electron chi connectivity index (χ0n) is 13.8. The Balaban J connectivity index is 1.77. The zero-order valence-corrected chi connectivity index (χ0v) is 15.4. The molecule has 1 aromatic carbocycles. The van der Waals surface area contributed by atoms with E-state index < -0.39 is 5.60 Å². The minimum Gasteiger partial charge on any atom is -0.444 e. The van der Waals surface area contributed by atoms with Gasteiger partial charge in [-0.25, -0.2) is 9.18 Å². The molecule has 2 atom stereocenters.